The van der Waals surface area contributed by atoms with E-state index in [4.69, 9.17) is 4.42 Å². The first-order chi connectivity index (χ1) is 14.7. The second-order valence-electron chi connectivity index (χ2n) is 8.45. The lowest BCUT2D eigenvalue weighted by Crippen LogP contribution is -2.27. The standard InChI is InChI=1S/C25H24N2O3S/c1-17-10-11-20(18-12-14-21(15-13-18)31(28,29)25(2,3)4)16-22(17)24-27-26-23(30-24)19-8-6-5-7-9-19/h5-16H,1-4H3. The Morgan fingerprint density at radius 1 is 0.742 bits per heavy atom. The summed E-state index contributed by atoms with van der Waals surface area (Å²) in [4.78, 5) is 0.320. The summed E-state index contributed by atoms with van der Waals surface area (Å²) >= 11 is 0. The van der Waals surface area contributed by atoms with Crippen LogP contribution in [0, 0.1) is 6.92 Å². The number of sulfone groups is 1. The van der Waals surface area contributed by atoms with Crippen molar-refractivity contribution in [1.82, 2.24) is 10.2 Å². The third kappa shape index (κ3) is 4.03. The predicted molar refractivity (Wildman–Crippen MR) is 122 cm³/mol. The summed E-state index contributed by atoms with van der Waals surface area (Å²) in [7, 11) is -3.39. The molecule has 0 unspecified atom stereocenters. The third-order valence-corrected chi connectivity index (χ3v) is 7.72. The zero-order valence-electron chi connectivity index (χ0n) is 18.0. The van der Waals surface area contributed by atoms with E-state index in [-0.39, 0.29) is 0 Å². The molecule has 1 aromatic heterocycles. The molecule has 0 spiro atoms. The summed E-state index contributed by atoms with van der Waals surface area (Å²) < 4.78 is 30.4. The van der Waals surface area contributed by atoms with Crippen LogP contribution in [0.5, 0.6) is 0 Å². The van der Waals surface area contributed by atoms with Gasteiger partial charge in [0, 0.05) is 11.1 Å². The van der Waals surface area contributed by atoms with Crippen LogP contribution in [-0.2, 0) is 9.84 Å². The summed E-state index contributed by atoms with van der Waals surface area (Å²) in [6, 6.07) is 22.6. The van der Waals surface area contributed by atoms with Crippen molar-refractivity contribution in [3.63, 3.8) is 0 Å². The van der Waals surface area contributed by atoms with Crippen molar-refractivity contribution in [3.05, 3.63) is 78.4 Å². The number of aromatic nitrogens is 2. The Bertz CT molecular complexity index is 1320. The van der Waals surface area contributed by atoms with Gasteiger partial charge >= 0.3 is 0 Å². The van der Waals surface area contributed by atoms with Crippen molar-refractivity contribution < 1.29 is 12.8 Å². The van der Waals surface area contributed by atoms with Gasteiger partial charge in [0.15, 0.2) is 9.84 Å². The quantitative estimate of drug-likeness (QED) is 0.398. The van der Waals surface area contributed by atoms with Crippen LogP contribution < -0.4 is 0 Å². The van der Waals surface area contributed by atoms with Crippen molar-refractivity contribution in [3.8, 4) is 34.0 Å². The second-order valence-corrected chi connectivity index (χ2v) is 11.2. The van der Waals surface area contributed by atoms with E-state index in [1.165, 1.54) is 0 Å². The van der Waals surface area contributed by atoms with Crippen LogP contribution in [0.1, 0.15) is 26.3 Å². The van der Waals surface area contributed by atoms with Crippen LogP contribution in [0.4, 0.5) is 0 Å². The van der Waals surface area contributed by atoms with Crippen molar-refractivity contribution >= 4 is 9.84 Å². The lowest BCUT2D eigenvalue weighted by Gasteiger charge is -2.19. The molecule has 0 fully saturated rings. The van der Waals surface area contributed by atoms with Crippen LogP contribution in [0.15, 0.2) is 82.1 Å². The molecule has 6 heteroatoms. The Hall–Kier alpha value is -3.25. The topological polar surface area (TPSA) is 73.1 Å². The Kier molecular flexibility index (Phi) is 5.27. The molecule has 0 saturated carbocycles. The highest BCUT2D eigenvalue weighted by Gasteiger charge is 2.30. The van der Waals surface area contributed by atoms with Crippen LogP contribution >= 0.6 is 0 Å². The largest absolute Gasteiger partial charge is 0.416 e. The van der Waals surface area contributed by atoms with Gasteiger partial charge < -0.3 is 4.42 Å². The Morgan fingerprint density at radius 3 is 2.00 bits per heavy atom. The summed E-state index contributed by atoms with van der Waals surface area (Å²) in [6.45, 7) is 7.11. The highest BCUT2D eigenvalue weighted by atomic mass is 32.2. The van der Waals surface area contributed by atoms with Gasteiger partial charge in [0.25, 0.3) is 0 Å². The first-order valence-corrected chi connectivity index (χ1v) is 11.5. The lowest BCUT2D eigenvalue weighted by molar-refractivity contribution is 0.560. The Labute approximate surface area is 182 Å². The fourth-order valence-electron chi connectivity index (χ4n) is 3.24. The molecule has 0 bridgehead atoms. The van der Waals surface area contributed by atoms with Crippen LogP contribution in [0.2, 0.25) is 0 Å². The van der Waals surface area contributed by atoms with E-state index in [1.807, 2.05) is 67.6 Å². The van der Waals surface area contributed by atoms with Crippen LogP contribution in [0.3, 0.4) is 0 Å². The van der Waals surface area contributed by atoms with Crippen molar-refractivity contribution in [2.45, 2.75) is 37.3 Å². The molecule has 0 amide bonds. The second kappa shape index (κ2) is 7.78. The van der Waals surface area contributed by atoms with Gasteiger partial charge in [-0.3, -0.25) is 0 Å². The van der Waals surface area contributed by atoms with E-state index in [1.54, 1.807) is 32.9 Å². The van der Waals surface area contributed by atoms with E-state index < -0.39 is 14.6 Å². The first kappa shape index (κ1) is 21.0. The van der Waals surface area contributed by atoms with Gasteiger partial charge in [-0.2, -0.15) is 0 Å². The summed E-state index contributed by atoms with van der Waals surface area (Å²) in [5.41, 5.74) is 4.58. The maximum Gasteiger partial charge on any atom is 0.248 e. The zero-order valence-corrected chi connectivity index (χ0v) is 18.8. The molecule has 4 rings (SSSR count). The number of nitrogens with zero attached hydrogens (tertiary/aromatic N) is 2. The van der Waals surface area contributed by atoms with E-state index in [2.05, 4.69) is 10.2 Å². The molecule has 158 valence electrons. The SMILES string of the molecule is Cc1ccc(-c2ccc(S(=O)(=O)C(C)(C)C)cc2)cc1-c1nnc(-c2ccccc2)o1. The van der Waals surface area contributed by atoms with E-state index in [9.17, 15) is 8.42 Å². The summed E-state index contributed by atoms with van der Waals surface area (Å²) in [5.74, 6) is 0.919. The molecule has 1 heterocycles. The minimum atomic E-state index is -3.39. The molecular formula is C25H24N2O3S. The molecule has 0 aliphatic rings. The van der Waals surface area contributed by atoms with Gasteiger partial charge in [-0.05, 0) is 74.7 Å². The fourth-order valence-corrected chi connectivity index (χ4v) is 4.44. The van der Waals surface area contributed by atoms with Crippen molar-refractivity contribution in [2.24, 2.45) is 0 Å². The van der Waals surface area contributed by atoms with Gasteiger partial charge in [0.05, 0.1) is 9.64 Å². The third-order valence-electron chi connectivity index (χ3n) is 5.22. The highest BCUT2D eigenvalue weighted by Crippen LogP contribution is 2.32. The van der Waals surface area contributed by atoms with E-state index >= 15 is 0 Å². The summed E-state index contributed by atoms with van der Waals surface area (Å²) in [6.07, 6.45) is 0. The van der Waals surface area contributed by atoms with Gasteiger partial charge in [0.2, 0.25) is 11.8 Å². The highest BCUT2D eigenvalue weighted by molar-refractivity contribution is 7.92. The Balaban J connectivity index is 1.69. The lowest BCUT2D eigenvalue weighted by atomic mass is 10.00. The average molecular weight is 433 g/mol. The molecule has 0 saturated heterocycles. The summed E-state index contributed by atoms with van der Waals surface area (Å²) in [5, 5.41) is 8.42. The molecule has 0 atom stereocenters. The molecule has 0 radical (unpaired) electrons. The number of benzene rings is 3. The van der Waals surface area contributed by atoms with E-state index in [0.717, 1.165) is 27.8 Å². The van der Waals surface area contributed by atoms with Gasteiger partial charge in [-0.15, -0.1) is 10.2 Å². The minimum absolute atomic E-state index is 0.320. The number of hydrogen-bond donors (Lipinski definition) is 0. The van der Waals surface area contributed by atoms with E-state index in [0.29, 0.717) is 16.7 Å². The monoisotopic (exact) mass is 432 g/mol. The number of hydrogen-bond acceptors (Lipinski definition) is 5. The van der Waals surface area contributed by atoms with Gasteiger partial charge in [0.1, 0.15) is 0 Å². The predicted octanol–water partition coefficient (Wildman–Crippen LogP) is 5.95. The molecule has 0 aliphatic heterocycles. The zero-order chi connectivity index (χ0) is 22.2. The first-order valence-electron chi connectivity index (χ1n) is 10.0. The molecule has 5 nitrogen and oxygen atoms in total. The maximum absolute atomic E-state index is 12.7. The van der Waals surface area contributed by atoms with Crippen molar-refractivity contribution in [1.29, 1.82) is 0 Å². The van der Waals surface area contributed by atoms with Crippen LogP contribution in [-0.4, -0.2) is 23.4 Å². The van der Waals surface area contributed by atoms with Crippen molar-refractivity contribution in [2.75, 3.05) is 0 Å². The average Bonchev–Trinajstić information content (AvgIpc) is 3.24. The molecule has 4 aromatic rings. The number of aryl methyl sites for hydroxylation is 1. The fraction of sp³-hybridized carbons (Fsp3) is 0.200. The maximum atomic E-state index is 12.7. The molecule has 31 heavy (non-hydrogen) atoms. The number of rotatable bonds is 4. The van der Waals surface area contributed by atoms with Gasteiger partial charge in [-0.1, -0.05) is 42.5 Å². The molecule has 0 N–H and O–H groups in total. The smallest absolute Gasteiger partial charge is 0.248 e. The molecule has 0 aliphatic carbocycles. The molecule has 3 aromatic carbocycles. The van der Waals surface area contributed by atoms with Gasteiger partial charge in [-0.25, -0.2) is 8.42 Å². The van der Waals surface area contributed by atoms with Crippen LogP contribution in [0.25, 0.3) is 34.0 Å². The molecular weight excluding hydrogens is 408 g/mol. The minimum Gasteiger partial charge on any atom is -0.416 e. The Morgan fingerprint density at radius 2 is 1.35 bits per heavy atom. The normalized spacial score (nSPS) is 12.1.